The summed E-state index contributed by atoms with van der Waals surface area (Å²) in [4.78, 5) is 29.2. The van der Waals surface area contributed by atoms with E-state index in [1.807, 2.05) is 0 Å². The molecule has 11 heteroatoms. The Morgan fingerprint density at radius 3 is 2.77 bits per heavy atom. The number of carbonyl (C=O) groups is 2. The minimum Gasteiger partial charge on any atom is -0.465 e. The molecule has 0 radical (unpaired) electrons. The molecule has 0 saturated heterocycles. The van der Waals surface area contributed by atoms with E-state index in [0.29, 0.717) is 22.7 Å². The minimum absolute atomic E-state index is 0.0790. The van der Waals surface area contributed by atoms with Gasteiger partial charge in [0.15, 0.2) is 5.65 Å². The lowest BCUT2D eigenvalue weighted by Gasteiger charge is -2.32. The van der Waals surface area contributed by atoms with E-state index in [4.69, 9.17) is 5.11 Å². The van der Waals surface area contributed by atoms with Crippen LogP contribution < -0.4 is 16.0 Å². The number of nitrogens with one attached hydrogen (secondary N) is 3. The third kappa shape index (κ3) is 4.78. The number of carbonyl (C=O) groups excluding carboxylic acids is 1. The van der Waals surface area contributed by atoms with Gasteiger partial charge in [0.2, 0.25) is 0 Å². The van der Waals surface area contributed by atoms with Crippen molar-refractivity contribution in [1.29, 1.82) is 0 Å². The second-order valence-electron chi connectivity index (χ2n) is 7.60. The van der Waals surface area contributed by atoms with Gasteiger partial charge in [-0.2, -0.15) is 5.10 Å². The topological polar surface area (TPSA) is 141 Å². The minimum atomic E-state index is -1.04. The number of anilines is 2. The number of nitrogens with zero attached hydrogens (tertiary/aromatic N) is 3. The molecule has 31 heavy (non-hydrogen) atoms. The van der Waals surface area contributed by atoms with Crippen LogP contribution in [-0.2, 0) is 0 Å². The molecule has 1 aliphatic rings. The summed E-state index contributed by atoms with van der Waals surface area (Å²) in [6.07, 6.45) is 5.11. The fourth-order valence-corrected chi connectivity index (χ4v) is 4.55. The lowest BCUT2D eigenvalue weighted by Crippen LogP contribution is -2.48. The molecule has 5 N–H and O–H groups in total. The van der Waals surface area contributed by atoms with E-state index in [0.717, 1.165) is 30.6 Å². The number of thiophene rings is 1. The molecule has 3 aromatic rings. The zero-order valence-corrected chi connectivity index (χ0v) is 17.7. The predicted octanol–water partition coefficient (Wildman–Crippen LogP) is 3.09. The summed E-state index contributed by atoms with van der Waals surface area (Å²) in [5.74, 6) is 0.204. The van der Waals surface area contributed by atoms with Crippen LogP contribution in [0.3, 0.4) is 0 Å². The highest BCUT2D eigenvalue weighted by molar-refractivity contribution is 7.10. The molecule has 10 nitrogen and oxygen atoms in total. The predicted molar refractivity (Wildman–Crippen MR) is 117 cm³/mol. The van der Waals surface area contributed by atoms with Crippen molar-refractivity contribution in [3.05, 3.63) is 40.3 Å². The molecular weight excluding hydrogens is 420 g/mol. The molecule has 1 aliphatic carbocycles. The monoisotopic (exact) mass is 444 g/mol. The first-order valence-corrected chi connectivity index (χ1v) is 11.0. The van der Waals surface area contributed by atoms with Crippen LogP contribution in [0.4, 0.5) is 16.3 Å². The summed E-state index contributed by atoms with van der Waals surface area (Å²) in [5, 5.41) is 33.4. The van der Waals surface area contributed by atoms with Crippen LogP contribution in [0.1, 0.15) is 53.9 Å². The third-order valence-corrected chi connectivity index (χ3v) is 6.41. The fraction of sp³-hybridized carbons (Fsp3) is 0.400. The largest absolute Gasteiger partial charge is 0.465 e. The van der Waals surface area contributed by atoms with E-state index in [2.05, 4.69) is 26.0 Å². The standard InChI is InChI=1S/C20H24N6O4S/c1-11(27)16-8-12(10-31-16)22-19(28)13-9-21-26-7-6-17(25-18(13)26)23-14-4-2-3-5-15(14)24-20(29)30/h6-11,14-15,24,27H,2-5H2,1H3,(H,22,28)(H,23,25)(H,29,30)/t11?,14-,15+/m1/s1. The molecule has 3 aromatic heterocycles. The zero-order chi connectivity index (χ0) is 22.0. The van der Waals surface area contributed by atoms with Crippen molar-refractivity contribution in [2.24, 2.45) is 0 Å². The maximum Gasteiger partial charge on any atom is 0.404 e. The van der Waals surface area contributed by atoms with Crippen LogP contribution in [0.15, 0.2) is 29.9 Å². The van der Waals surface area contributed by atoms with Crippen molar-refractivity contribution < 1.29 is 19.8 Å². The Labute approximate surface area is 182 Å². The van der Waals surface area contributed by atoms with Gasteiger partial charge < -0.3 is 26.2 Å². The first-order valence-electron chi connectivity index (χ1n) is 10.1. The summed E-state index contributed by atoms with van der Waals surface area (Å²) >= 11 is 1.37. The summed E-state index contributed by atoms with van der Waals surface area (Å²) in [6, 6.07) is 3.21. The van der Waals surface area contributed by atoms with Crippen LogP contribution in [0, 0.1) is 0 Å². The van der Waals surface area contributed by atoms with Gasteiger partial charge in [-0.3, -0.25) is 4.79 Å². The molecule has 4 rings (SSSR count). The number of aromatic nitrogens is 3. The van der Waals surface area contributed by atoms with Gasteiger partial charge in [0, 0.05) is 22.5 Å². The number of amides is 2. The van der Waals surface area contributed by atoms with Crippen LogP contribution >= 0.6 is 11.3 Å². The Balaban J connectivity index is 1.52. The molecule has 0 aliphatic heterocycles. The lowest BCUT2D eigenvalue weighted by atomic mass is 9.90. The molecule has 2 amide bonds. The molecule has 3 atom stereocenters. The second kappa shape index (κ2) is 8.90. The van der Waals surface area contributed by atoms with Crippen molar-refractivity contribution in [3.8, 4) is 0 Å². The van der Waals surface area contributed by atoms with Gasteiger partial charge in [-0.05, 0) is 31.9 Å². The van der Waals surface area contributed by atoms with Crippen molar-refractivity contribution in [3.63, 3.8) is 0 Å². The number of hydrogen-bond acceptors (Lipinski definition) is 7. The smallest absolute Gasteiger partial charge is 0.404 e. The van der Waals surface area contributed by atoms with E-state index in [1.165, 1.54) is 22.0 Å². The van der Waals surface area contributed by atoms with Gasteiger partial charge >= 0.3 is 6.09 Å². The van der Waals surface area contributed by atoms with E-state index in [-0.39, 0.29) is 18.0 Å². The van der Waals surface area contributed by atoms with E-state index in [1.54, 1.807) is 30.6 Å². The third-order valence-electron chi connectivity index (χ3n) is 5.31. The first kappa shape index (κ1) is 21.1. The zero-order valence-electron chi connectivity index (χ0n) is 16.9. The molecule has 0 bridgehead atoms. The van der Waals surface area contributed by atoms with E-state index < -0.39 is 12.2 Å². The first-order chi connectivity index (χ1) is 14.9. The van der Waals surface area contributed by atoms with Crippen molar-refractivity contribution in [2.75, 3.05) is 10.6 Å². The summed E-state index contributed by atoms with van der Waals surface area (Å²) in [5.41, 5.74) is 1.31. The molecule has 1 saturated carbocycles. The Morgan fingerprint density at radius 2 is 2.06 bits per heavy atom. The Kier molecular flexibility index (Phi) is 6.05. The van der Waals surface area contributed by atoms with Crippen molar-refractivity contribution >= 4 is 40.5 Å². The maximum atomic E-state index is 12.8. The van der Waals surface area contributed by atoms with Gasteiger partial charge in [-0.15, -0.1) is 11.3 Å². The molecule has 164 valence electrons. The van der Waals surface area contributed by atoms with Crippen molar-refractivity contribution in [2.45, 2.75) is 50.8 Å². The quantitative estimate of drug-likeness (QED) is 0.393. The maximum absolute atomic E-state index is 12.8. The van der Waals surface area contributed by atoms with Crippen LogP contribution in [-0.4, -0.2) is 48.9 Å². The summed E-state index contributed by atoms with van der Waals surface area (Å²) < 4.78 is 1.52. The van der Waals surface area contributed by atoms with Gasteiger partial charge in [0.1, 0.15) is 11.4 Å². The molecule has 3 heterocycles. The van der Waals surface area contributed by atoms with Gasteiger partial charge in [0.05, 0.1) is 24.0 Å². The number of rotatable bonds is 6. The van der Waals surface area contributed by atoms with E-state index >= 15 is 0 Å². The SMILES string of the molecule is CC(O)c1cc(NC(=O)c2cnn3ccc(N[C@@H]4CCCC[C@@H]4NC(=O)O)nc23)cs1. The average Bonchev–Trinajstić information content (AvgIpc) is 3.36. The Bertz CT molecular complexity index is 1090. The fourth-order valence-electron chi connectivity index (χ4n) is 3.77. The molecule has 0 aromatic carbocycles. The normalized spacial score (nSPS) is 19.7. The number of aliphatic hydroxyl groups excluding tert-OH is 1. The number of fused-ring (bicyclic) bond motifs is 1. The average molecular weight is 445 g/mol. The highest BCUT2D eigenvalue weighted by Gasteiger charge is 2.27. The number of aliphatic hydroxyl groups is 1. The van der Waals surface area contributed by atoms with Crippen molar-refractivity contribution in [1.82, 2.24) is 19.9 Å². The summed E-state index contributed by atoms with van der Waals surface area (Å²) in [6.45, 7) is 1.67. The molecular formula is C20H24N6O4S. The van der Waals surface area contributed by atoms with Gasteiger partial charge in [-0.1, -0.05) is 12.8 Å². The molecule has 0 spiro atoms. The van der Waals surface area contributed by atoms with Crippen LogP contribution in [0.5, 0.6) is 0 Å². The highest BCUT2D eigenvalue weighted by Crippen LogP contribution is 2.26. The van der Waals surface area contributed by atoms with Crippen LogP contribution in [0.2, 0.25) is 0 Å². The molecule has 1 fully saturated rings. The summed E-state index contributed by atoms with van der Waals surface area (Å²) in [7, 11) is 0. The lowest BCUT2D eigenvalue weighted by molar-refractivity contribution is 0.102. The van der Waals surface area contributed by atoms with Crippen LogP contribution in [0.25, 0.3) is 5.65 Å². The number of hydrogen-bond donors (Lipinski definition) is 5. The second-order valence-corrected chi connectivity index (χ2v) is 8.54. The highest BCUT2D eigenvalue weighted by atomic mass is 32.1. The Morgan fingerprint density at radius 1 is 1.29 bits per heavy atom. The van der Waals surface area contributed by atoms with E-state index in [9.17, 15) is 14.7 Å². The number of carboxylic acid groups (broad SMARTS) is 1. The van der Waals surface area contributed by atoms with Gasteiger partial charge in [-0.25, -0.2) is 14.3 Å². The van der Waals surface area contributed by atoms with Gasteiger partial charge in [0.25, 0.3) is 5.91 Å². The Hall–Kier alpha value is -3.18. The molecule has 1 unspecified atom stereocenters.